The van der Waals surface area contributed by atoms with E-state index in [1.807, 2.05) is 7.05 Å². The topological polar surface area (TPSA) is 60.7 Å². The molecule has 0 radical (unpaired) electrons. The van der Waals surface area contributed by atoms with E-state index in [1.165, 1.54) is 43.4 Å². The molecule has 0 bridgehead atoms. The first kappa shape index (κ1) is 11.2. The fraction of sp³-hybridized carbons (Fsp3) is 0.636. The normalized spacial score (nSPS) is 16.8. The van der Waals surface area contributed by atoms with E-state index in [0.717, 1.165) is 10.9 Å². The molecular weight excluding hydrogens is 220 g/mol. The Bertz CT molecular complexity index is 387. The first-order chi connectivity index (χ1) is 7.83. The first-order valence-electron chi connectivity index (χ1n) is 5.68. The van der Waals surface area contributed by atoms with Crippen LogP contribution in [-0.2, 0) is 0 Å². The summed E-state index contributed by atoms with van der Waals surface area (Å²) in [5.74, 6) is 0.753. The summed E-state index contributed by atoms with van der Waals surface area (Å²) in [5.41, 5.74) is 0. The van der Waals surface area contributed by atoms with Crippen LogP contribution in [0.25, 0.3) is 0 Å². The van der Waals surface area contributed by atoms with Gasteiger partial charge in [0, 0.05) is 13.1 Å². The van der Waals surface area contributed by atoms with Crippen molar-refractivity contribution in [2.24, 2.45) is 0 Å². The Morgan fingerprint density at radius 3 is 2.75 bits per heavy atom. The molecule has 2 rings (SSSR count). The molecule has 0 spiro atoms. The van der Waals surface area contributed by atoms with Gasteiger partial charge in [0.15, 0.2) is 15.8 Å². The minimum atomic E-state index is 0.493. The number of hydrogen-bond acceptors (Lipinski definition) is 5. The smallest absolute Gasteiger partial charge is 0.185 e. The van der Waals surface area contributed by atoms with E-state index in [4.69, 9.17) is 5.26 Å². The van der Waals surface area contributed by atoms with Crippen molar-refractivity contribution in [3.05, 3.63) is 4.88 Å². The lowest BCUT2D eigenvalue weighted by atomic mass is 9.95. The van der Waals surface area contributed by atoms with Gasteiger partial charge in [-0.1, -0.05) is 30.6 Å². The second kappa shape index (κ2) is 5.17. The molecule has 0 unspecified atom stereocenters. The highest BCUT2D eigenvalue weighted by atomic mass is 32.1. The Morgan fingerprint density at radius 2 is 2.12 bits per heavy atom. The minimum absolute atomic E-state index is 0.493. The van der Waals surface area contributed by atoms with E-state index >= 15 is 0 Å². The largest absolute Gasteiger partial charge is 0.365 e. The zero-order valence-electron chi connectivity index (χ0n) is 9.42. The molecule has 0 aromatic carbocycles. The molecule has 5 heteroatoms. The van der Waals surface area contributed by atoms with Crippen LogP contribution in [0.5, 0.6) is 0 Å². The van der Waals surface area contributed by atoms with Crippen LogP contribution in [0.4, 0.5) is 10.9 Å². The number of nitrogens with zero attached hydrogens (tertiary/aromatic N) is 2. The van der Waals surface area contributed by atoms with Crippen LogP contribution < -0.4 is 10.6 Å². The minimum Gasteiger partial charge on any atom is -0.365 e. The standard InChI is InChI=1S/C11H16N4S/c1-13-11-15-10(9(7-12)16-11)14-8-5-3-2-4-6-8/h8,14H,2-6H2,1H3,(H,13,15). The second-order valence-corrected chi connectivity index (χ2v) is 5.04. The van der Waals surface area contributed by atoms with Crippen molar-refractivity contribution in [2.75, 3.05) is 17.7 Å². The quantitative estimate of drug-likeness (QED) is 0.847. The summed E-state index contributed by atoms with van der Waals surface area (Å²) in [5, 5.41) is 16.2. The monoisotopic (exact) mass is 236 g/mol. The summed E-state index contributed by atoms with van der Waals surface area (Å²) in [7, 11) is 1.82. The first-order valence-corrected chi connectivity index (χ1v) is 6.50. The van der Waals surface area contributed by atoms with Crippen molar-refractivity contribution >= 4 is 22.3 Å². The molecule has 1 aromatic rings. The number of nitriles is 1. The molecule has 1 aliphatic rings. The number of hydrogen-bond donors (Lipinski definition) is 2. The maximum atomic E-state index is 9.01. The maximum Gasteiger partial charge on any atom is 0.185 e. The Kier molecular flexibility index (Phi) is 3.62. The van der Waals surface area contributed by atoms with Gasteiger partial charge < -0.3 is 10.6 Å². The molecular formula is C11H16N4S. The third-order valence-electron chi connectivity index (χ3n) is 2.89. The second-order valence-electron chi connectivity index (χ2n) is 4.04. The molecule has 1 heterocycles. The molecule has 86 valence electrons. The molecule has 2 N–H and O–H groups in total. The van der Waals surface area contributed by atoms with Gasteiger partial charge in [-0.25, -0.2) is 4.98 Å². The van der Waals surface area contributed by atoms with E-state index < -0.39 is 0 Å². The lowest BCUT2D eigenvalue weighted by molar-refractivity contribution is 0.462. The van der Waals surface area contributed by atoms with Crippen LogP contribution in [0.1, 0.15) is 37.0 Å². The molecule has 16 heavy (non-hydrogen) atoms. The van der Waals surface area contributed by atoms with Crippen LogP contribution in [-0.4, -0.2) is 18.1 Å². The molecule has 1 saturated carbocycles. The lowest BCUT2D eigenvalue weighted by Crippen LogP contribution is -2.22. The van der Waals surface area contributed by atoms with Crippen LogP contribution in [0.3, 0.4) is 0 Å². The summed E-state index contributed by atoms with van der Waals surface area (Å²) >= 11 is 1.40. The van der Waals surface area contributed by atoms with Crippen LogP contribution in [0.2, 0.25) is 0 Å². The van der Waals surface area contributed by atoms with Crippen LogP contribution >= 0.6 is 11.3 Å². The number of anilines is 2. The van der Waals surface area contributed by atoms with Crippen molar-refractivity contribution in [1.29, 1.82) is 5.26 Å². The number of rotatable bonds is 3. The Labute approximate surface area is 99.7 Å². The molecule has 4 nitrogen and oxygen atoms in total. The SMILES string of the molecule is CNc1nc(NC2CCCCC2)c(C#N)s1. The van der Waals surface area contributed by atoms with Gasteiger partial charge in [0.1, 0.15) is 6.07 Å². The number of nitrogens with one attached hydrogen (secondary N) is 2. The van der Waals surface area contributed by atoms with Gasteiger partial charge in [0.2, 0.25) is 0 Å². The highest BCUT2D eigenvalue weighted by molar-refractivity contribution is 7.16. The van der Waals surface area contributed by atoms with Crippen LogP contribution in [0, 0.1) is 11.3 Å². The van der Waals surface area contributed by atoms with Crippen molar-refractivity contribution in [1.82, 2.24) is 4.98 Å². The van der Waals surface area contributed by atoms with Crippen molar-refractivity contribution in [3.8, 4) is 6.07 Å². The van der Waals surface area contributed by atoms with Gasteiger partial charge in [-0.2, -0.15) is 5.26 Å². The molecule has 0 aliphatic heterocycles. The van der Waals surface area contributed by atoms with E-state index in [1.54, 1.807) is 0 Å². The fourth-order valence-electron chi connectivity index (χ4n) is 2.04. The zero-order valence-corrected chi connectivity index (χ0v) is 10.2. The molecule has 0 atom stereocenters. The summed E-state index contributed by atoms with van der Waals surface area (Å²) in [6.07, 6.45) is 6.28. The third-order valence-corrected chi connectivity index (χ3v) is 3.87. The van der Waals surface area contributed by atoms with E-state index in [2.05, 4.69) is 21.7 Å². The van der Waals surface area contributed by atoms with Crippen molar-refractivity contribution < 1.29 is 0 Å². The highest BCUT2D eigenvalue weighted by Gasteiger charge is 2.17. The van der Waals surface area contributed by atoms with Gasteiger partial charge in [-0.15, -0.1) is 0 Å². The average Bonchev–Trinajstić information content (AvgIpc) is 2.73. The predicted octanol–water partition coefficient (Wildman–Crippen LogP) is 2.80. The molecule has 1 aliphatic carbocycles. The molecule has 0 saturated heterocycles. The molecule has 0 amide bonds. The van der Waals surface area contributed by atoms with Gasteiger partial charge in [-0.05, 0) is 12.8 Å². The van der Waals surface area contributed by atoms with Gasteiger partial charge in [0.05, 0.1) is 0 Å². The molecule has 1 fully saturated rings. The van der Waals surface area contributed by atoms with Crippen molar-refractivity contribution in [2.45, 2.75) is 38.1 Å². The fourth-order valence-corrected chi connectivity index (χ4v) is 2.72. The maximum absolute atomic E-state index is 9.01. The predicted molar refractivity (Wildman–Crippen MR) is 66.9 cm³/mol. The highest BCUT2D eigenvalue weighted by Crippen LogP contribution is 2.28. The van der Waals surface area contributed by atoms with Gasteiger partial charge >= 0.3 is 0 Å². The summed E-state index contributed by atoms with van der Waals surface area (Å²) in [6.45, 7) is 0. The van der Waals surface area contributed by atoms with E-state index in [-0.39, 0.29) is 0 Å². The van der Waals surface area contributed by atoms with E-state index in [9.17, 15) is 0 Å². The Hall–Kier alpha value is -1.28. The van der Waals surface area contributed by atoms with Crippen LogP contribution in [0.15, 0.2) is 0 Å². The average molecular weight is 236 g/mol. The number of aromatic nitrogens is 1. The number of thiazole rings is 1. The van der Waals surface area contributed by atoms with Crippen molar-refractivity contribution in [3.63, 3.8) is 0 Å². The van der Waals surface area contributed by atoms with Gasteiger partial charge in [-0.3, -0.25) is 0 Å². The molecule has 1 aromatic heterocycles. The van der Waals surface area contributed by atoms with Gasteiger partial charge in [0.25, 0.3) is 0 Å². The summed E-state index contributed by atoms with van der Waals surface area (Å²) in [6, 6.07) is 2.69. The zero-order chi connectivity index (χ0) is 11.4. The lowest BCUT2D eigenvalue weighted by Gasteiger charge is -2.22. The summed E-state index contributed by atoms with van der Waals surface area (Å²) < 4.78 is 0. The Morgan fingerprint density at radius 1 is 1.38 bits per heavy atom. The Balaban J connectivity index is 2.07. The van der Waals surface area contributed by atoms with E-state index in [0.29, 0.717) is 10.9 Å². The summed E-state index contributed by atoms with van der Waals surface area (Å²) in [4.78, 5) is 5.04. The third kappa shape index (κ3) is 2.45.